The molecule has 4 N–H and O–H groups in total. The standard InChI is InChI=1S/C10H16N4O3/c1-6(11)5-17-8-3-9(15)14(13-4-8)7(2)10(12)16/h3-4,6-7H,5,11H2,1-2H3,(H2,12,16). The molecule has 1 amide bonds. The molecule has 0 fully saturated rings. The molecule has 2 atom stereocenters. The summed E-state index contributed by atoms with van der Waals surface area (Å²) in [6, 6.07) is 0.321. The molecular weight excluding hydrogens is 224 g/mol. The van der Waals surface area contributed by atoms with Crippen LogP contribution in [0.2, 0.25) is 0 Å². The predicted octanol–water partition coefficient (Wildman–Crippen LogP) is -0.984. The number of hydrogen-bond acceptors (Lipinski definition) is 5. The van der Waals surface area contributed by atoms with Crippen molar-refractivity contribution in [2.24, 2.45) is 11.5 Å². The molecule has 7 heteroatoms. The molecule has 1 aromatic heterocycles. The molecule has 1 aromatic rings. The van der Waals surface area contributed by atoms with Gasteiger partial charge in [0.1, 0.15) is 18.4 Å². The lowest BCUT2D eigenvalue weighted by Gasteiger charge is -2.11. The average molecular weight is 240 g/mol. The summed E-state index contributed by atoms with van der Waals surface area (Å²) in [6.45, 7) is 3.57. The molecule has 94 valence electrons. The van der Waals surface area contributed by atoms with Crippen molar-refractivity contribution in [3.8, 4) is 5.75 Å². The van der Waals surface area contributed by atoms with Gasteiger partial charge in [-0.3, -0.25) is 9.59 Å². The molecule has 0 spiro atoms. The van der Waals surface area contributed by atoms with Crippen LogP contribution in [0, 0.1) is 0 Å². The summed E-state index contributed by atoms with van der Waals surface area (Å²) in [7, 11) is 0. The fraction of sp³-hybridized carbons (Fsp3) is 0.500. The van der Waals surface area contributed by atoms with Crippen molar-refractivity contribution in [2.45, 2.75) is 25.9 Å². The van der Waals surface area contributed by atoms with E-state index in [0.29, 0.717) is 5.75 Å². The number of ether oxygens (including phenoxy) is 1. The first kappa shape index (κ1) is 13.2. The highest BCUT2D eigenvalue weighted by Gasteiger charge is 2.14. The van der Waals surface area contributed by atoms with E-state index in [4.69, 9.17) is 16.2 Å². The summed E-state index contributed by atoms with van der Waals surface area (Å²) in [5.74, 6) is -0.302. The van der Waals surface area contributed by atoms with Gasteiger partial charge in [0.05, 0.1) is 6.20 Å². The van der Waals surface area contributed by atoms with E-state index in [1.807, 2.05) is 0 Å². The van der Waals surface area contributed by atoms with Gasteiger partial charge < -0.3 is 16.2 Å². The number of carbonyl (C=O) groups excluding carboxylic acids is 1. The van der Waals surface area contributed by atoms with Gasteiger partial charge in [0, 0.05) is 12.1 Å². The Labute approximate surface area is 98.4 Å². The van der Waals surface area contributed by atoms with Crippen LogP contribution in [-0.2, 0) is 4.79 Å². The van der Waals surface area contributed by atoms with E-state index in [1.54, 1.807) is 6.92 Å². The second kappa shape index (κ2) is 5.44. The minimum absolute atomic E-state index is 0.137. The van der Waals surface area contributed by atoms with Crippen molar-refractivity contribution >= 4 is 5.91 Å². The summed E-state index contributed by atoms with van der Waals surface area (Å²) in [5, 5.41) is 3.81. The van der Waals surface area contributed by atoms with E-state index in [2.05, 4.69) is 5.10 Å². The van der Waals surface area contributed by atoms with E-state index in [1.165, 1.54) is 19.2 Å². The van der Waals surface area contributed by atoms with Gasteiger partial charge in [0.15, 0.2) is 0 Å². The number of primary amides is 1. The second-order valence-electron chi connectivity index (χ2n) is 3.84. The largest absolute Gasteiger partial charge is 0.490 e. The van der Waals surface area contributed by atoms with Crippen LogP contribution in [0.3, 0.4) is 0 Å². The van der Waals surface area contributed by atoms with Gasteiger partial charge in [0.25, 0.3) is 5.56 Å². The molecule has 0 saturated heterocycles. The average Bonchev–Trinajstić information content (AvgIpc) is 2.25. The number of carbonyl (C=O) groups is 1. The Morgan fingerprint density at radius 2 is 2.24 bits per heavy atom. The third-order valence-corrected chi connectivity index (χ3v) is 2.09. The maximum atomic E-state index is 11.6. The summed E-state index contributed by atoms with van der Waals surface area (Å²) >= 11 is 0. The maximum Gasteiger partial charge on any atom is 0.271 e. The highest BCUT2D eigenvalue weighted by molar-refractivity contribution is 5.77. The van der Waals surface area contributed by atoms with Crippen LogP contribution in [-0.4, -0.2) is 28.3 Å². The fourth-order valence-corrected chi connectivity index (χ4v) is 1.12. The first-order valence-corrected chi connectivity index (χ1v) is 5.18. The van der Waals surface area contributed by atoms with Gasteiger partial charge in [0.2, 0.25) is 5.91 Å². The zero-order valence-electron chi connectivity index (χ0n) is 9.79. The van der Waals surface area contributed by atoms with Crippen LogP contribution in [0.5, 0.6) is 5.75 Å². The number of rotatable bonds is 5. The van der Waals surface area contributed by atoms with Crippen LogP contribution in [0.25, 0.3) is 0 Å². The molecule has 0 aliphatic rings. The monoisotopic (exact) mass is 240 g/mol. The number of aromatic nitrogens is 2. The number of amides is 1. The highest BCUT2D eigenvalue weighted by Crippen LogP contribution is 2.06. The third-order valence-electron chi connectivity index (χ3n) is 2.09. The minimum atomic E-state index is -0.787. The maximum absolute atomic E-state index is 11.6. The molecule has 7 nitrogen and oxygen atoms in total. The molecule has 0 saturated carbocycles. The van der Waals surface area contributed by atoms with Gasteiger partial charge in [-0.1, -0.05) is 0 Å². The smallest absolute Gasteiger partial charge is 0.271 e. The van der Waals surface area contributed by atoms with Crippen LogP contribution in [0.4, 0.5) is 0 Å². The molecule has 0 aliphatic carbocycles. The highest BCUT2D eigenvalue weighted by atomic mass is 16.5. The zero-order chi connectivity index (χ0) is 13.0. The van der Waals surface area contributed by atoms with Crippen LogP contribution in [0.1, 0.15) is 19.9 Å². The molecule has 17 heavy (non-hydrogen) atoms. The van der Waals surface area contributed by atoms with Crippen LogP contribution >= 0.6 is 0 Å². The van der Waals surface area contributed by atoms with Gasteiger partial charge in [-0.05, 0) is 13.8 Å². The Morgan fingerprint density at radius 3 is 2.71 bits per heavy atom. The molecule has 1 rings (SSSR count). The Kier molecular flexibility index (Phi) is 4.22. The minimum Gasteiger partial charge on any atom is -0.490 e. The van der Waals surface area contributed by atoms with Gasteiger partial charge in [-0.15, -0.1) is 0 Å². The zero-order valence-corrected chi connectivity index (χ0v) is 9.79. The molecule has 0 aromatic carbocycles. The summed E-state index contributed by atoms with van der Waals surface area (Å²) < 4.78 is 6.23. The molecule has 0 bridgehead atoms. The van der Waals surface area contributed by atoms with Crippen molar-refractivity contribution in [3.63, 3.8) is 0 Å². The molecule has 0 radical (unpaired) electrons. The van der Waals surface area contributed by atoms with Crippen LogP contribution in [0.15, 0.2) is 17.1 Å². The Bertz CT molecular complexity index is 455. The summed E-state index contributed by atoms with van der Waals surface area (Å²) in [5.41, 5.74) is 10.1. The predicted molar refractivity (Wildman–Crippen MR) is 61.5 cm³/mol. The van der Waals surface area contributed by atoms with Gasteiger partial charge in [-0.2, -0.15) is 5.10 Å². The van der Waals surface area contributed by atoms with Crippen molar-refractivity contribution in [1.82, 2.24) is 9.78 Å². The first-order valence-electron chi connectivity index (χ1n) is 5.18. The lowest BCUT2D eigenvalue weighted by molar-refractivity contribution is -0.121. The van der Waals surface area contributed by atoms with Crippen molar-refractivity contribution in [3.05, 3.63) is 22.6 Å². The molecule has 2 unspecified atom stereocenters. The third kappa shape index (κ3) is 3.56. The fourth-order valence-electron chi connectivity index (χ4n) is 1.12. The first-order chi connectivity index (χ1) is 7.91. The Balaban J connectivity index is 2.87. The number of hydrogen-bond donors (Lipinski definition) is 2. The van der Waals surface area contributed by atoms with E-state index in [9.17, 15) is 9.59 Å². The van der Waals surface area contributed by atoms with E-state index < -0.39 is 17.5 Å². The number of nitrogens with zero attached hydrogens (tertiary/aromatic N) is 2. The second-order valence-corrected chi connectivity index (χ2v) is 3.84. The topological polar surface area (TPSA) is 113 Å². The van der Waals surface area contributed by atoms with E-state index in [-0.39, 0.29) is 12.6 Å². The van der Waals surface area contributed by atoms with E-state index >= 15 is 0 Å². The van der Waals surface area contributed by atoms with Crippen molar-refractivity contribution in [1.29, 1.82) is 0 Å². The van der Waals surface area contributed by atoms with Gasteiger partial charge >= 0.3 is 0 Å². The Morgan fingerprint density at radius 1 is 1.59 bits per heavy atom. The normalized spacial score (nSPS) is 14.1. The lowest BCUT2D eigenvalue weighted by atomic mass is 10.3. The van der Waals surface area contributed by atoms with Gasteiger partial charge in [-0.25, -0.2) is 4.68 Å². The molecule has 0 aliphatic heterocycles. The van der Waals surface area contributed by atoms with E-state index in [0.717, 1.165) is 4.68 Å². The number of nitrogens with two attached hydrogens (primary N) is 2. The lowest BCUT2D eigenvalue weighted by Crippen LogP contribution is -2.33. The molecule has 1 heterocycles. The molecular formula is C10H16N4O3. The Hall–Kier alpha value is -1.89. The summed E-state index contributed by atoms with van der Waals surface area (Å²) in [4.78, 5) is 22.5. The quantitative estimate of drug-likeness (QED) is 0.686. The van der Waals surface area contributed by atoms with Crippen molar-refractivity contribution in [2.75, 3.05) is 6.61 Å². The van der Waals surface area contributed by atoms with Crippen LogP contribution < -0.4 is 21.8 Å². The van der Waals surface area contributed by atoms with Crippen molar-refractivity contribution < 1.29 is 9.53 Å². The summed E-state index contributed by atoms with van der Waals surface area (Å²) in [6.07, 6.45) is 1.35. The SMILES string of the molecule is CC(N)COc1cnn(C(C)C(N)=O)c(=O)c1.